The number of anilines is 2. The Balaban J connectivity index is 1.22. The van der Waals surface area contributed by atoms with Gasteiger partial charge in [-0.05, 0) is 49.5 Å². The summed E-state index contributed by atoms with van der Waals surface area (Å²) in [6.07, 6.45) is 11.2. The Hall–Kier alpha value is -3.35. The van der Waals surface area contributed by atoms with Gasteiger partial charge < -0.3 is 15.0 Å². The van der Waals surface area contributed by atoms with E-state index >= 15 is 0 Å². The monoisotopic (exact) mass is 488 g/mol. The van der Waals surface area contributed by atoms with E-state index in [4.69, 9.17) is 21.3 Å². The lowest BCUT2D eigenvalue weighted by Gasteiger charge is -2.38. The highest BCUT2D eigenvalue weighted by Gasteiger charge is 2.38. The fourth-order valence-corrected chi connectivity index (χ4v) is 5.37. The van der Waals surface area contributed by atoms with Gasteiger partial charge in [0.15, 0.2) is 11.3 Å². The van der Waals surface area contributed by atoms with Crippen molar-refractivity contribution < 1.29 is 4.74 Å². The number of imidazole rings is 1. The van der Waals surface area contributed by atoms with Gasteiger partial charge in [0.25, 0.3) is 0 Å². The number of piperidine rings is 1. The van der Waals surface area contributed by atoms with Crippen LogP contribution in [0.25, 0.3) is 16.7 Å². The minimum Gasteiger partial charge on any atom is -0.381 e. The van der Waals surface area contributed by atoms with E-state index in [1.54, 1.807) is 12.4 Å². The van der Waals surface area contributed by atoms with Gasteiger partial charge in [0.05, 0.1) is 17.0 Å². The molecule has 35 heavy (non-hydrogen) atoms. The summed E-state index contributed by atoms with van der Waals surface area (Å²) in [4.78, 5) is 16.3. The summed E-state index contributed by atoms with van der Waals surface area (Å²) in [6, 6.07) is 2.28. The number of aromatic amines is 1. The van der Waals surface area contributed by atoms with Crippen LogP contribution in [0.1, 0.15) is 43.4 Å². The van der Waals surface area contributed by atoms with Crippen LogP contribution in [-0.2, 0) is 4.74 Å². The summed E-state index contributed by atoms with van der Waals surface area (Å²) in [5.41, 5.74) is 3.13. The molecule has 3 aliphatic rings. The van der Waals surface area contributed by atoms with Crippen molar-refractivity contribution in [2.75, 3.05) is 36.5 Å². The van der Waals surface area contributed by atoms with Gasteiger partial charge >= 0.3 is 0 Å². The first-order chi connectivity index (χ1) is 17.2. The van der Waals surface area contributed by atoms with Gasteiger partial charge in [-0.3, -0.25) is 9.50 Å². The maximum absolute atomic E-state index is 6.57. The number of hydrogen-bond acceptors (Lipinski definition) is 7. The molecule has 0 amide bonds. The summed E-state index contributed by atoms with van der Waals surface area (Å²) >= 11 is 6.57. The Bertz CT molecular complexity index is 1480. The molecule has 1 saturated carbocycles. The third-order valence-corrected chi connectivity index (χ3v) is 7.84. The van der Waals surface area contributed by atoms with E-state index in [1.807, 2.05) is 16.7 Å². The van der Waals surface area contributed by atoms with Gasteiger partial charge in [-0.25, -0.2) is 9.97 Å². The van der Waals surface area contributed by atoms with Gasteiger partial charge in [0.1, 0.15) is 11.5 Å². The van der Waals surface area contributed by atoms with Crippen molar-refractivity contribution in [2.45, 2.75) is 38.1 Å². The molecule has 1 aliphatic carbocycles. The molecule has 1 spiro atoms. The van der Waals surface area contributed by atoms with Gasteiger partial charge in [0, 0.05) is 49.9 Å². The molecule has 178 valence electrons. The fraction of sp³-hybridized carbons (Fsp3) is 0.440. The number of halogens is 1. The second kappa shape index (κ2) is 8.11. The van der Waals surface area contributed by atoms with E-state index in [2.05, 4.69) is 42.2 Å². The molecule has 4 aromatic heterocycles. The van der Waals surface area contributed by atoms with Crippen LogP contribution in [0.3, 0.4) is 0 Å². The summed E-state index contributed by atoms with van der Waals surface area (Å²) in [7, 11) is 0. The van der Waals surface area contributed by atoms with Crippen LogP contribution < -0.4 is 10.2 Å². The third-order valence-electron chi connectivity index (χ3n) is 7.45. The molecule has 0 radical (unpaired) electrons. The Labute approximate surface area is 207 Å². The van der Waals surface area contributed by atoms with Crippen molar-refractivity contribution in [3.63, 3.8) is 0 Å². The zero-order valence-corrected chi connectivity index (χ0v) is 20.0. The average molecular weight is 489 g/mol. The summed E-state index contributed by atoms with van der Waals surface area (Å²) in [5.74, 6) is 7.92. The third kappa shape index (κ3) is 3.68. The first kappa shape index (κ1) is 21.0. The van der Waals surface area contributed by atoms with Crippen molar-refractivity contribution in [1.82, 2.24) is 29.5 Å². The standard InChI is InChI=1S/C25H25ClN8O/c26-20-16(5-9-27-22(20)29-17-2-3-17)1-4-18-19-21(32-31-18)30-24(34-13-10-28-23(19)34)33-11-6-25(7-12-33)8-14-35-15-25/h5,9-10,13,17H,2-3,6-8,11-12,14-15H2,(H,27,29)(H,31,32). The lowest BCUT2D eigenvalue weighted by molar-refractivity contribution is 0.133. The average Bonchev–Trinajstić information content (AvgIpc) is 3.23. The van der Waals surface area contributed by atoms with Crippen molar-refractivity contribution >= 4 is 40.0 Å². The molecule has 4 aromatic rings. The van der Waals surface area contributed by atoms with E-state index in [1.165, 1.54) is 0 Å². The van der Waals surface area contributed by atoms with Crippen molar-refractivity contribution in [2.24, 2.45) is 5.41 Å². The number of nitrogens with zero attached hydrogens (tertiary/aromatic N) is 6. The molecule has 2 N–H and O–H groups in total. The zero-order chi connectivity index (χ0) is 23.4. The van der Waals surface area contributed by atoms with Crippen LogP contribution in [0.2, 0.25) is 5.02 Å². The topological polar surface area (TPSA) is 96.3 Å². The molecule has 0 unspecified atom stereocenters. The minimum atomic E-state index is 0.341. The Morgan fingerprint density at radius 3 is 2.83 bits per heavy atom. The number of fused-ring (bicyclic) bond motifs is 3. The second-order valence-electron chi connectivity index (χ2n) is 9.81. The van der Waals surface area contributed by atoms with Gasteiger partial charge in [0.2, 0.25) is 5.95 Å². The molecule has 0 aromatic carbocycles. The normalized spacial score (nSPS) is 19.4. The molecule has 10 heteroatoms. The summed E-state index contributed by atoms with van der Waals surface area (Å²) < 4.78 is 7.74. The SMILES string of the molecule is Clc1c(C#Cc2n[nH]c3nc(N4CCC5(CCOC5)CC4)n4ccnc4c23)ccnc1NC1CC1. The molecule has 3 fully saturated rings. The van der Waals surface area contributed by atoms with E-state index in [0.29, 0.717) is 39.2 Å². The highest BCUT2D eigenvalue weighted by atomic mass is 35.5. The van der Waals surface area contributed by atoms with Crippen LogP contribution in [0.4, 0.5) is 11.8 Å². The first-order valence-electron chi connectivity index (χ1n) is 12.2. The largest absolute Gasteiger partial charge is 0.381 e. The van der Waals surface area contributed by atoms with Gasteiger partial charge in [-0.2, -0.15) is 10.1 Å². The van der Waals surface area contributed by atoms with Crippen molar-refractivity contribution in [3.8, 4) is 11.8 Å². The number of aromatic nitrogens is 6. The van der Waals surface area contributed by atoms with Crippen LogP contribution >= 0.6 is 11.6 Å². The number of nitrogens with one attached hydrogen (secondary N) is 2. The van der Waals surface area contributed by atoms with Crippen LogP contribution in [0, 0.1) is 17.3 Å². The molecule has 0 atom stereocenters. The van der Waals surface area contributed by atoms with E-state index in [-0.39, 0.29) is 0 Å². The highest BCUT2D eigenvalue weighted by Crippen LogP contribution is 2.40. The van der Waals surface area contributed by atoms with E-state index in [0.717, 1.165) is 75.4 Å². The van der Waals surface area contributed by atoms with Gasteiger partial charge in [-0.15, -0.1) is 0 Å². The van der Waals surface area contributed by atoms with Crippen LogP contribution in [-0.4, -0.2) is 61.9 Å². The zero-order valence-electron chi connectivity index (χ0n) is 19.2. The first-order valence-corrected chi connectivity index (χ1v) is 12.5. The van der Waals surface area contributed by atoms with Crippen LogP contribution in [0.15, 0.2) is 24.7 Å². The predicted molar refractivity (Wildman–Crippen MR) is 134 cm³/mol. The molecule has 7 rings (SSSR count). The fourth-order valence-electron chi connectivity index (χ4n) is 5.16. The maximum atomic E-state index is 6.57. The van der Waals surface area contributed by atoms with Crippen LogP contribution in [0.5, 0.6) is 0 Å². The molecule has 0 bridgehead atoms. The smallest absolute Gasteiger partial charge is 0.213 e. The Kier molecular flexibility index (Phi) is 4.86. The summed E-state index contributed by atoms with van der Waals surface area (Å²) in [5, 5.41) is 12.2. The van der Waals surface area contributed by atoms with E-state index < -0.39 is 0 Å². The lowest BCUT2D eigenvalue weighted by Crippen LogP contribution is -2.41. The number of ether oxygens (including phenoxy) is 1. The van der Waals surface area contributed by atoms with Crippen molar-refractivity contribution in [3.05, 3.63) is 40.9 Å². The molecule has 6 heterocycles. The van der Waals surface area contributed by atoms with E-state index in [9.17, 15) is 0 Å². The number of pyridine rings is 1. The number of rotatable bonds is 3. The molecular formula is C25H25ClN8O. The Morgan fingerprint density at radius 1 is 1.14 bits per heavy atom. The molecule has 9 nitrogen and oxygen atoms in total. The summed E-state index contributed by atoms with van der Waals surface area (Å²) in [6.45, 7) is 3.68. The lowest BCUT2D eigenvalue weighted by atomic mass is 9.78. The number of H-pyrrole nitrogens is 1. The molecule has 2 saturated heterocycles. The number of hydrogen-bond donors (Lipinski definition) is 2. The highest BCUT2D eigenvalue weighted by molar-refractivity contribution is 6.34. The van der Waals surface area contributed by atoms with Crippen molar-refractivity contribution in [1.29, 1.82) is 0 Å². The van der Waals surface area contributed by atoms with Gasteiger partial charge in [-0.1, -0.05) is 17.5 Å². The maximum Gasteiger partial charge on any atom is 0.213 e. The molecular weight excluding hydrogens is 464 g/mol. The quantitative estimate of drug-likeness (QED) is 0.425. The Morgan fingerprint density at radius 2 is 2.03 bits per heavy atom. The second-order valence-corrected chi connectivity index (χ2v) is 10.2. The minimum absolute atomic E-state index is 0.341. The predicted octanol–water partition coefficient (Wildman–Crippen LogP) is 3.64. The molecule has 2 aliphatic heterocycles.